The van der Waals surface area contributed by atoms with Crippen molar-refractivity contribution >= 4 is 29.0 Å². The van der Waals surface area contributed by atoms with Gasteiger partial charge in [-0.25, -0.2) is 27.5 Å². The first kappa shape index (κ1) is 29.0. The van der Waals surface area contributed by atoms with Gasteiger partial charge in [0, 0.05) is 35.8 Å². The minimum absolute atomic E-state index is 0.264. The lowest BCUT2D eigenvalue weighted by molar-refractivity contribution is -0.138. The lowest BCUT2D eigenvalue weighted by Gasteiger charge is -2.31. The monoisotopic (exact) mass is 583 g/mol. The smallest absolute Gasteiger partial charge is 0.393 e. The van der Waals surface area contributed by atoms with Crippen LogP contribution in [0.4, 0.5) is 36.6 Å². The summed E-state index contributed by atoms with van der Waals surface area (Å²) < 4.78 is 95.0. The fourth-order valence-corrected chi connectivity index (χ4v) is 5.33. The van der Waals surface area contributed by atoms with Gasteiger partial charge in [0.15, 0.2) is 5.01 Å². The molecule has 0 bridgehead atoms. The van der Waals surface area contributed by atoms with Crippen LogP contribution in [0.2, 0.25) is 0 Å². The summed E-state index contributed by atoms with van der Waals surface area (Å²) in [5, 5.41) is 13.7. The summed E-state index contributed by atoms with van der Waals surface area (Å²) in [6.07, 6.45) is -7.76. The quantitative estimate of drug-likeness (QED) is 0.411. The second-order valence-corrected chi connectivity index (χ2v) is 10.7. The van der Waals surface area contributed by atoms with E-state index in [1.807, 2.05) is 5.32 Å². The van der Waals surface area contributed by atoms with Crippen LogP contribution < -0.4 is 10.6 Å². The first-order valence-corrected chi connectivity index (χ1v) is 12.7. The van der Waals surface area contributed by atoms with Gasteiger partial charge in [-0.05, 0) is 32.8 Å². The van der Waals surface area contributed by atoms with E-state index in [1.54, 1.807) is 0 Å². The van der Waals surface area contributed by atoms with Gasteiger partial charge in [-0.2, -0.15) is 13.2 Å². The van der Waals surface area contributed by atoms with Crippen LogP contribution in [0.1, 0.15) is 65.4 Å². The molecule has 3 heterocycles. The van der Waals surface area contributed by atoms with Crippen molar-refractivity contribution in [3.05, 3.63) is 28.5 Å². The third-order valence-electron chi connectivity index (χ3n) is 6.53. The van der Waals surface area contributed by atoms with E-state index in [1.165, 1.54) is 6.92 Å². The largest absolute Gasteiger partial charge is 0.408 e. The molecule has 8 nitrogen and oxygen atoms in total. The molecule has 2 amide bonds. The molecule has 2 unspecified atom stereocenters. The predicted octanol–water partition coefficient (Wildman–Crippen LogP) is 4.63. The molecule has 1 aliphatic heterocycles. The van der Waals surface area contributed by atoms with Crippen molar-refractivity contribution in [1.29, 1.82) is 0 Å². The summed E-state index contributed by atoms with van der Waals surface area (Å²) in [4.78, 5) is 34.5. The number of aliphatic hydroxyl groups is 1. The molecule has 2 aromatic rings. The normalized spacial score (nSPS) is 23.5. The van der Waals surface area contributed by atoms with Crippen molar-refractivity contribution < 1.29 is 45.4 Å². The molecule has 1 saturated heterocycles. The summed E-state index contributed by atoms with van der Waals surface area (Å²) in [6.45, 7) is 1.22. The van der Waals surface area contributed by atoms with Gasteiger partial charge in [-0.1, -0.05) is 0 Å². The van der Waals surface area contributed by atoms with Crippen molar-refractivity contribution in [1.82, 2.24) is 20.2 Å². The summed E-state index contributed by atoms with van der Waals surface area (Å²) in [6, 6.07) is -2.71. The Balaban J connectivity index is 1.75. The second-order valence-electron chi connectivity index (χ2n) is 9.70. The van der Waals surface area contributed by atoms with E-state index in [0.29, 0.717) is 17.4 Å². The number of alkyl halides is 7. The molecule has 39 heavy (non-hydrogen) atoms. The molecule has 0 aromatic carbocycles. The Hall–Kier alpha value is -3.01. The number of likely N-dealkylation sites (tertiary alicyclic amines) is 1. The number of anilines is 1. The predicted molar refractivity (Wildman–Crippen MR) is 126 cm³/mol. The molecule has 4 rings (SSSR count). The minimum Gasteiger partial charge on any atom is -0.393 e. The highest BCUT2D eigenvalue weighted by molar-refractivity contribution is 7.17. The molecule has 2 fully saturated rings. The average Bonchev–Trinajstić information content (AvgIpc) is 3.37. The zero-order chi connectivity index (χ0) is 28.9. The van der Waals surface area contributed by atoms with Crippen molar-refractivity contribution in [3.8, 4) is 10.4 Å². The van der Waals surface area contributed by atoms with Crippen LogP contribution in [0, 0.1) is 0 Å². The summed E-state index contributed by atoms with van der Waals surface area (Å²) in [7, 11) is 0. The molecule has 214 valence electrons. The van der Waals surface area contributed by atoms with Crippen LogP contribution in [0.25, 0.3) is 10.4 Å². The number of halogens is 7. The van der Waals surface area contributed by atoms with E-state index >= 15 is 0 Å². The van der Waals surface area contributed by atoms with Gasteiger partial charge in [0.1, 0.15) is 17.6 Å². The number of hydrogen-bond donors (Lipinski definition) is 3. The number of amides is 2. The molecule has 3 N–H and O–H groups in total. The average molecular weight is 584 g/mol. The van der Waals surface area contributed by atoms with Crippen molar-refractivity contribution in [2.75, 3.05) is 11.9 Å². The Kier molecular flexibility index (Phi) is 7.82. The molecular formula is C23H24F7N5O3S. The highest BCUT2D eigenvalue weighted by atomic mass is 32.1. The maximum absolute atomic E-state index is 14.1. The first-order chi connectivity index (χ1) is 18.1. The zero-order valence-corrected chi connectivity index (χ0v) is 21.3. The number of carbonyl (C=O) groups excluding carboxylic acids is 2. The molecule has 0 spiro atoms. The SMILES string of the molecule is CC1CC(F)(F)CN1C(=O)c1nc(C(=O)NC2CC(O)C2)sc1-c1cnc(NC(C)C(F)(F)F)cc1C(F)F. The van der Waals surface area contributed by atoms with E-state index < -0.39 is 78.6 Å². The lowest BCUT2D eigenvalue weighted by atomic mass is 9.89. The molecule has 2 aliphatic rings. The number of rotatable bonds is 7. The first-order valence-electron chi connectivity index (χ1n) is 11.9. The van der Waals surface area contributed by atoms with Gasteiger partial charge in [0.05, 0.1) is 17.5 Å². The lowest BCUT2D eigenvalue weighted by Crippen LogP contribution is -2.46. The van der Waals surface area contributed by atoms with Crippen LogP contribution in [0.3, 0.4) is 0 Å². The van der Waals surface area contributed by atoms with Gasteiger partial charge >= 0.3 is 6.18 Å². The van der Waals surface area contributed by atoms with Crippen molar-refractivity contribution in [3.63, 3.8) is 0 Å². The van der Waals surface area contributed by atoms with Gasteiger partial charge in [0.2, 0.25) is 0 Å². The van der Waals surface area contributed by atoms with E-state index in [2.05, 4.69) is 15.3 Å². The Morgan fingerprint density at radius 1 is 1.26 bits per heavy atom. The van der Waals surface area contributed by atoms with Crippen LogP contribution >= 0.6 is 11.3 Å². The third kappa shape index (κ3) is 6.26. The highest BCUT2D eigenvalue weighted by Crippen LogP contribution is 2.40. The molecular weight excluding hydrogens is 559 g/mol. The minimum atomic E-state index is -4.68. The number of pyridine rings is 1. The van der Waals surface area contributed by atoms with Gasteiger partial charge in [0.25, 0.3) is 24.2 Å². The number of nitrogens with zero attached hydrogens (tertiary/aromatic N) is 3. The number of aliphatic hydroxyl groups excluding tert-OH is 1. The Morgan fingerprint density at radius 2 is 1.92 bits per heavy atom. The van der Waals surface area contributed by atoms with Gasteiger partial charge < -0.3 is 20.6 Å². The molecule has 2 aromatic heterocycles. The number of aromatic nitrogens is 2. The number of hydrogen-bond acceptors (Lipinski definition) is 7. The standard InChI is InChI=1S/C23H24F7N5O3S/c1-9-6-22(26,27)8-35(9)21(38)16-17(39-20(34-16)19(37)33-11-3-12(36)4-11)14-7-31-15(5-13(14)18(24)25)32-10(2)23(28,29)30/h5,7,9-12,18,36H,3-4,6,8H2,1-2H3,(H,31,32)(H,33,37). The van der Waals surface area contributed by atoms with E-state index in [0.717, 1.165) is 18.0 Å². The number of thiazole rings is 1. The maximum Gasteiger partial charge on any atom is 0.408 e. The molecule has 0 radical (unpaired) electrons. The second kappa shape index (κ2) is 10.5. The molecule has 16 heteroatoms. The Bertz CT molecular complexity index is 1250. The fourth-order valence-electron chi connectivity index (χ4n) is 4.34. The fraction of sp³-hybridized carbons (Fsp3) is 0.565. The van der Waals surface area contributed by atoms with Crippen LogP contribution in [-0.2, 0) is 0 Å². The van der Waals surface area contributed by atoms with Crippen LogP contribution in [-0.4, -0.2) is 74.7 Å². The van der Waals surface area contributed by atoms with Gasteiger partial charge in [-0.15, -0.1) is 11.3 Å². The highest BCUT2D eigenvalue weighted by Gasteiger charge is 2.46. The molecule has 2 atom stereocenters. The summed E-state index contributed by atoms with van der Waals surface area (Å²) in [5.74, 6) is -5.47. The summed E-state index contributed by atoms with van der Waals surface area (Å²) in [5.41, 5.74) is -1.71. The van der Waals surface area contributed by atoms with Crippen LogP contribution in [0.5, 0.6) is 0 Å². The Morgan fingerprint density at radius 3 is 2.46 bits per heavy atom. The van der Waals surface area contributed by atoms with E-state index in [4.69, 9.17) is 0 Å². The van der Waals surface area contributed by atoms with Crippen molar-refractivity contribution in [2.45, 2.75) is 75.9 Å². The maximum atomic E-state index is 14.1. The molecule has 1 aliphatic carbocycles. The van der Waals surface area contributed by atoms with Crippen LogP contribution in [0.15, 0.2) is 12.3 Å². The number of carbonyl (C=O) groups is 2. The third-order valence-corrected chi connectivity index (χ3v) is 7.62. The Labute approximate surface area is 221 Å². The zero-order valence-electron chi connectivity index (χ0n) is 20.5. The van der Waals surface area contributed by atoms with E-state index in [-0.39, 0.29) is 34.3 Å². The topological polar surface area (TPSA) is 107 Å². The van der Waals surface area contributed by atoms with E-state index in [9.17, 15) is 45.4 Å². The summed E-state index contributed by atoms with van der Waals surface area (Å²) >= 11 is 0.548. The van der Waals surface area contributed by atoms with Crippen molar-refractivity contribution in [2.24, 2.45) is 0 Å². The molecule has 1 saturated carbocycles. The number of nitrogens with one attached hydrogen (secondary N) is 2. The van der Waals surface area contributed by atoms with Gasteiger partial charge in [-0.3, -0.25) is 9.59 Å².